The Morgan fingerprint density at radius 2 is 1.92 bits per heavy atom. The Balaban J connectivity index is 1.94. The van der Waals surface area contributed by atoms with Crippen LogP contribution >= 0.6 is 23.1 Å². The number of amides is 1. The molecule has 1 N–H and O–H groups in total. The van der Waals surface area contributed by atoms with Crippen LogP contribution in [0.4, 0.5) is 5.13 Å². The van der Waals surface area contributed by atoms with Gasteiger partial charge < -0.3 is 10.2 Å². The molecule has 0 unspecified atom stereocenters. The maximum atomic E-state index is 13.0. The molecule has 1 fully saturated rings. The molecule has 0 spiro atoms. The maximum absolute atomic E-state index is 13.0. The second-order valence-electron chi connectivity index (χ2n) is 7.02. The number of thiazole rings is 1. The average Bonchev–Trinajstić information content (AvgIpc) is 3.20. The molecule has 1 aliphatic rings. The quantitative estimate of drug-likeness (QED) is 0.598. The van der Waals surface area contributed by atoms with Gasteiger partial charge in [0, 0.05) is 25.2 Å². The molecule has 0 aliphatic carbocycles. The summed E-state index contributed by atoms with van der Waals surface area (Å²) in [7, 11) is 0. The third kappa shape index (κ3) is 4.03. The van der Waals surface area contributed by atoms with Gasteiger partial charge in [-0.05, 0) is 40.5 Å². The molecule has 9 heteroatoms. The number of hydrogen-bond donors (Lipinski definition) is 1. The van der Waals surface area contributed by atoms with E-state index in [1.807, 2.05) is 27.7 Å². The van der Waals surface area contributed by atoms with Crippen molar-refractivity contribution in [3.8, 4) is 0 Å². The Morgan fingerprint density at radius 3 is 2.54 bits per heavy atom. The van der Waals surface area contributed by atoms with Crippen LogP contribution in [0.2, 0.25) is 0 Å². The summed E-state index contributed by atoms with van der Waals surface area (Å²) >= 11 is 2.71. The van der Waals surface area contributed by atoms with E-state index in [9.17, 15) is 9.59 Å². The predicted octanol–water partition coefficient (Wildman–Crippen LogP) is 2.65. The fourth-order valence-electron chi connectivity index (χ4n) is 2.95. The zero-order valence-electron chi connectivity index (χ0n) is 15.6. The van der Waals surface area contributed by atoms with E-state index in [4.69, 9.17) is 0 Å². The van der Waals surface area contributed by atoms with Crippen molar-refractivity contribution in [3.05, 3.63) is 10.4 Å². The van der Waals surface area contributed by atoms with Crippen molar-refractivity contribution in [3.63, 3.8) is 0 Å². The standard InChI is InChI=1S/C17H25N5O2S2/c1-10(2)18-12(23)9-25-17-20-14-13(15(24)22(17)11(3)4)26-16(19-14)21-7-5-6-8-21/h10-11H,5-9H2,1-4H3,(H,18,23). The van der Waals surface area contributed by atoms with Gasteiger partial charge in [-0.15, -0.1) is 0 Å². The molecule has 142 valence electrons. The zero-order chi connectivity index (χ0) is 18.8. The molecule has 2 aromatic rings. The van der Waals surface area contributed by atoms with Crippen LogP contribution in [0.3, 0.4) is 0 Å². The van der Waals surface area contributed by atoms with Crippen molar-refractivity contribution >= 4 is 44.5 Å². The lowest BCUT2D eigenvalue weighted by atomic mass is 10.4. The largest absolute Gasteiger partial charge is 0.353 e. The van der Waals surface area contributed by atoms with Crippen molar-refractivity contribution in [1.82, 2.24) is 19.9 Å². The third-order valence-corrected chi connectivity index (χ3v) is 6.14. The number of nitrogens with one attached hydrogen (secondary N) is 1. The van der Waals surface area contributed by atoms with Crippen LogP contribution in [-0.4, -0.2) is 45.3 Å². The number of thioether (sulfide) groups is 1. The van der Waals surface area contributed by atoms with Gasteiger partial charge in [0.25, 0.3) is 5.56 Å². The first-order valence-corrected chi connectivity index (χ1v) is 10.8. The number of nitrogens with zero attached hydrogens (tertiary/aromatic N) is 4. The van der Waals surface area contributed by atoms with E-state index in [1.165, 1.54) is 23.1 Å². The average molecular weight is 396 g/mol. The highest BCUT2D eigenvalue weighted by atomic mass is 32.2. The number of carbonyl (C=O) groups is 1. The van der Waals surface area contributed by atoms with Gasteiger partial charge in [0.15, 0.2) is 15.9 Å². The predicted molar refractivity (Wildman–Crippen MR) is 108 cm³/mol. The zero-order valence-corrected chi connectivity index (χ0v) is 17.2. The van der Waals surface area contributed by atoms with Gasteiger partial charge in [0.2, 0.25) is 5.91 Å². The maximum Gasteiger partial charge on any atom is 0.274 e. The SMILES string of the molecule is CC(C)NC(=O)CSc1nc2nc(N3CCCC3)sc2c(=O)n1C(C)C. The molecule has 2 aromatic heterocycles. The van der Waals surface area contributed by atoms with Crippen LogP contribution in [0.25, 0.3) is 10.3 Å². The van der Waals surface area contributed by atoms with Crippen LogP contribution in [0, 0.1) is 0 Å². The highest BCUT2D eigenvalue weighted by Crippen LogP contribution is 2.30. The molecular formula is C17H25N5O2S2. The molecule has 26 heavy (non-hydrogen) atoms. The number of rotatable bonds is 6. The summed E-state index contributed by atoms with van der Waals surface area (Å²) < 4.78 is 2.26. The first-order chi connectivity index (χ1) is 12.4. The van der Waals surface area contributed by atoms with Crippen LogP contribution < -0.4 is 15.8 Å². The summed E-state index contributed by atoms with van der Waals surface area (Å²) in [6.07, 6.45) is 2.32. The van der Waals surface area contributed by atoms with Crippen molar-refractivity contribution in [2.24, 2.45) is 0 Å². The van der Waals surface area contributed by atoms with Crippen molar-refractivity contribution < 1.29 is 4.79 Å². The summed E-state index contributed by atoms with van der Waals surface area (Å²) in [4.78, 5) is 36.4. The minimum atomic E-state index is -0.0697. The van der Waals surface area contributed by atoms with Gasteiger partial charge >= 0.3 is 0 Å². The fourth-order valence-corrected chi connectivity index (χ4v) is 4.87. The molecule has 0 atom stereocenters. The third-order valence-electron chi connectivity index (χ3n) is 4.09. The Bertz CT molecular complexity index is 853. The van der Waals surface area contributed by atoms with Crippen molar-refractivity contribution in [2.45, 2.75) is 57.8 Å². The molecule has 0 saturated carbocycles. The topological polar surface area (TPSA) is 80.1 Å². The smallest absolute Gasteiger partial charge is 0.274 e. The first kappa shape index (κ1) is 19.2. The molecule has 7 nitrogen and oxygen atoms in total. The molecule has 3 heterocycles. The number of carbonyl (C=O) groups excluding carboxylic acids is 1. The van der Waals surface area contributed by atoms with Gasteiger partial charge in [-0.2, -0.15) is 4.98 Å². The number of aromatic nitrogens is 3. The van der Waals surface area contributed by atoms with Gasteiger partial charge in [-0.1, -0.05) is 23.1 Å². The molecule has 0 radical (unpaired) electrons. The molecular weight excluding hydrogens is 370 g/mol. The van der Waals surface area contributed by atoms with Crippen molar-refractivity contribution in [2.75, 3.05) is 23.7 Å². The molecule has 1 amide bonds. The minimum Gasteiger partial charge on any atom is -0.353 e. The van der Waals surface area contributed by atoms with Crippen LogP contribution in [0.1, 0.15) is 46.6 Å². The second kappa shape index (κ2) is 7.96. The van der Waals surface area contributed by atoms with Gasteiger partial charge in [-0.3, -0.25) is 14.2 Å². The molecule has 0 aromatic carbocycles. The van der Waals surface area contributed by atoms with Crippen LogP contribution in [0.15, 0.2) is 9.95 Å². The van der Waals surface area contributed by atoms with Gasteiger partial charge in [0.1, 0.15) is 4.70 Å². The molecule has 3 rings (SSSR count). The van der Waals surface area contributed by atoms with E-state index in [1.54, 1.807) is 4.57 Å². The number of anilines is 1. The highest BCUT2D eigenvalue weighted by Gasteiger charge is 2.22. The summed E-state index contributed by atoms with van der Waals surface area (Å²) in [5.41, 5.74) is 0.422. The lowest BCUT2D eigenvalue weighted by Crippen LogP contribution is -2.32. The molecule has 1 saturated heterocycles. The van der Waals surface area contributed by atoms with E-state index in [0.717, 1.165) is 31.1 Å². The van der Waals surface area contributed by atoms with E-state index >= 15 is 0 Å². The Morgan fingerprint density at radius 1 is 1.23 bits per heavy atom. The number of fused-ring (bicyclic) bond motifs is 1. The van der Waals surface area contributed by atoms with E-state index in [2.05, 4.69) is 20.2 Å². The lowest BCUT2D eigenvalue weighted by Gasteiger charge is -2.15. The normalized spacial score (nSPS) is 14.8. The first-order valence-electron chi connectivity index (χ1n) is 8.97. The van der Waals surface area contributed by atoms with E-state index in [-0.39, 0.29) is 29.3 Å². The minimum absolute atomic E-state index is 0.0348. The Labute approximate surface area is 161 Å². The summed E-state index contributed by atoms with van der Waals surface area (Å²) in [6.45, 7) is 9.72. The fraction of sp³-hybridized carbons (Fsp3) is 0.647. The van der Waals surface area contributed by atoms with Gasteiger partial charge in [-0.25, -0.2) is 4.98 Å². The Hall–Kier alpha value is -1.61. The van der Waals surface area contributed by atoms with E-state index < -0.39 is 0 Å². The molecule has 0 bridgehead atoms. The Kier molecular flexibility index (Phi) is 5.86. The van der Waals surface area contributed by atoms with Crippen LogP contribution in [-0.2, 0) is 4.79 Å². The summed E-state index contributed by atoms with van der Waals surface area (Å²) in [5.74, 6) is 0.164. The summed E-state index contributed by atoms with van der Waals surface area (Å²) in [5, 5.41) is 4.28. The van der Waals surface area contributed by atoms with Crippen LogP contribution in [0.5, 0.6) is 0 Å². The summed E-state index contributed by atoms with van der Waals surface area (Å²) in [6, 6.07) is 0.0554. The molecule has 1 aliphatic heterocycles. The highest BCUT2D eigenvalue weighted by molar-refractivity contribution is 7.99. The van der Waals surface area contributed by atoms with E-state index in [0.29, 0.717) is 15.5 Å². The monoisotopic (exact) mass is 395 g/mol. The lowest BCUT2D eigenvalue weighted by molar-refractivity contribution is -0.119. The van der Waals surface area contributed by atoms with Crippen molar-refractivity contribution in [1.29, 1.82) is 0 Å². The number of hydrogen-bond acceptors (Lipinski definition) is 7. The second-order valence-corrected chi connectivity index (χ2v) is 8.94. The van der Waals surface area contributed by atoms with Gasteiger partial charge in [0.05, 0.1) is 5.75 Å².